The van der Waals surface area contributed by atoms with E-state index in [2.05, 4.69) is 5.32 Å². The third-order valence-electron chi connectivity index (χ3n) is 4.65. The van der Waals surface area contributed by atoms with Crippen LogP contribution in [-0.2, 0) is 20.7 Å². The number of carbonyl (C=O) groups excluding carboxylic acids is 3. The smallest absolute Gasteiger partial charge is 0.338 e. The van der Waals surface area contributed by atoms with E-state index in [1.54, 1.807) is 23.1 Å². The van der Waals surface area contributed by atoms with Gasteiger partial charge in [-0.1, -0.05) is 18.2 Å². The fourth-order valence-corrected chi connectivity index (χ4v) is 4.22. The van der Waals surface area contributed by atoms with Gasteiger partial charge < -0.3 is 15.0 Å². The molecule has 0 aromatic heterocycles. The molecule has 138 valence electrons. The van der Waals surface area contributed by atoms with E-state index in [1.807, 2.05) is 31.2 Å². The first-order chi connectivity index (χ1) is 13.0. The lowest BCUT2D eigenvalue weighted by Gasteiger charge is -2.22. The fourth-order valence-electron chi connectivity index (χ4n) is 3.44. The van der Waals surface area contributed by atoms with Gasteiger partial charge in [-0.2, -0.15) is 0 Å². The Bertz CT molecular complexity index is 943. The van der Waals surface area contributed by atoms with E-state index in [1.165, 1.54) is 11.8 Å². The minimum atomic E-state index is -0.587. The van der Waals surface area contributed by atoms with Crippen molar-refractivity contribution < 1.29 is 19.1 Å². The average Bonchev–Trinajstić information content (AvgIpc) is 3.01. The van der Waals surface area contributed by atoms with Crippen LogP contribution in [0, 0.1) is 0 Å². The van der Waals surface area contributed by atoms with Crippen LogP contribution < -0.4 is 10.2 Å². The number of amides is 2. The summed E-state index contributed by atoms with van der Waals surface area (Å²) in [5.41, 5.74) is 2.89. The van der Waals surface area contributed by atoms with Gasteiger partial charge in [-0.15, -0.1) is 11.8 Å². The average molecular weight is 382 g/mol. The predicted molar refractivity (Wildman–Crippen MR) is 103 cm³/mol. The second-order valence-electron chi connectivity index (χ2n) is 6.57. The molecule has 0 radical (unpaired) electrons. The first-order valence-electron chi connectivity index (χ1n) is 8.67. The van der Waals surface area contributed by atoms with Gasteiger partial charge in [0.05, 0.1) is 17.0 Å². The van der Waals surface area contributed by atoms with Gasteiger partial charge in [0, 0.05) is 16.6 Å². The molecule has 27 heavy (non-hydrogen) atoms. The summed E-state index contributed by atoms with van der Waals surface area (Å²) in [6, 6.07) is 12.8. The first-order valence-corrected chi connectivity index (χ1v) is 9.65. The van der Waals surface area contributed by atoms with Crippen molar-refractivity contribution in [3.63, 3.8) is 0 Å². The molecule has 0 aliphatic carbocycles. The Morgan fingerprint density at radius 1 is 1.26 bits per heavy atom. The second kappa shape index (κ2) is 7.08. The maximum Gasteiger partial charge on any atom is 0.338 e. The number of hydrogen-bond acceptors (Lipinski definition) is 5. The third-order valence-corrected chi connectivity index (χ3v) is 5.72. The van der Waals surface area contributed by atoms with Gasteiger partial charge in [0.2, 0.25) is 5.91 Å². The van der Waals surface area contributed by atoms with Crippen LogP contribution in [0.25, 0.3) is 0 Å². The summed E-state index contributed by atoms with van der Waals surface area (Å²) in [7, 11) is 0. The minimum absolute atomic E-state index is 0.0320. The molecule has 0 saturated carbocycles. The Morgan fingerprint density at radius 2 is 2.07 bits per heavy atom. The molecule has 2 aliphatic rings. The number of thioether (sulfide) groups is 1. The highest BCUT2D eigenvalue weighted by molar-refractivity contribution is 8.00. The molecule has 1 atom stereocenters. The zero-order valence-corrected chi connectivity index (χ0v) is 15.5. The highest BCUT2D eigenvalue weighted by Gasteiger charge is 2.31. The summed E-state index contributed by atoms with van der Waals surface area (Å²) in [5, 5.41) is 2.74. The highest BCUT2D eigenvalue weighted by Crippen LogP contribution is 2.33. The number of benzene rings is 2. The van der Waals surface area contributed by atoms with E-state index >= 15 is 0 Å². The Morgan fingerprint density at radius 3 is 2.93 bits per heavy atom. The minimum Gasteiger partial charge on any atom is -0.452 e. The predicted octanol–water partition coefficient (Wildman–Crippen LogP) is 2.87. The van der Waals surface area contributed by atoms with Crippen molar-refractivity contribution in [2.75, 3.05) is 22.6 Å². The monoisotopic (exact) mass is 382 g/mol. The fraction of sp³-hybridized carbons (Fsp3) is 0.250. The van der Waals surface area contributed by atoms with Gasteiger partial charge in [0.15, 0.2) is 6.61 Å². The molecule has 2 aromatic rings. The maximum atomic E-state index is 12.6. The molecular weight excluding hydrogens is 364 g/mol. The number of nitrogens with zero attached hydrogens (tertiary/aromatic N) is 1. The standard InChI is InChI=1S/C20H18N2O4S/c1-12-8-13-4-2-3-5-16(13)22(12)19(24)10-26-20(25)14-6-7-17-15(9-14)21-18(23)11-27-17/h2-7,9,12H,8,10-11H2,1H3,(H,21,23)/t12-/m1/s1. The summed E-state index contributed by atoms with van der Waals surface area (Å²) < 4.78 is 5.23. The van der Waals surface area contributed by atoms with E-state index in [4.69, 9.17) is 4.74 Å². The lowest BCUT2D eigenvalue weighted by atomic mass is 10.1. The van der Waals surface area contributed by atoms with Gasteiger partial charge in [-0.25, -0.2) is 4.79 Å². The SMILES string of the molecule is C[C@@H]1Cc2ccccc2N1C(=O)COC(=O)c1ccc2c(c1)NC(=O)CS2. The molecule has 1 N–H and O–H groups in total. The number of para-hydroxylation sites is 1. The van der Waals surface area contributed by atoms with Gasteiger partial charge in [-0.05, 0) is 43.2 Å². The van der Waals surface area contributed by atoms with Crippen LogP contribution in [0.4, 0.5) is 11.4 Å². The molecule has 6 nitrogen and oxygen atoms in total. The van der Waals surface area contributed by atoms with Crippen LogP contribution >= 0.6 is 11.8 Å². The van der Waals surface area contributed by atoms with Crippen LogP contribution in [-0.4, -0.2) is 36.2 Å². The van der Waals surface area contributed by atoms with Crippen molar-refractivity contribution in [2.24, 2.45) is 0 Å². The van der Waals surface area contributed by atoms with E-state index in [0.717, 1.165) is 22.6 Å². The lowest BCUT2D eigenvalue weighted by Crippen LogP contribution is -2.38. The Kier molecular flexibility index (Phi) is 4.61. The quantitative estimate of drug-likeness (QED) is 0.826. The number of anilines is 2. The zero-order valence-electron chi connectivity index (χ0n) is 14.7. The number of esters is 1. The number of ether oxygens (including phenoxy) is 1. The molecule has 4 rings (SSSR count). The van der Waals surface area contributed by atoms with Crippen molar-refractivity contribution in [1.29, 1.82) is 0 Å². The molecule has 0 bridgehead atoms. The topological polar surface area (TPSA) is 75.7 Å². The second-order valence-corrected chi connectivity index (χ2v) is 7.59. The third kappa shape index (κ3) is 3.42. The van der Waals surface area contributed by atoms with Gasteiger partial charge in [0.1, 0.15) is 0 Å². The lowest BCUT2D eigenvalue weighted by molar-refractivity contribution is -0.122. The summed E-state index contributed by atoms with van der Waals surface area (Å²) in [4.78, 5) is 39.1. The highest BCUT2D eigenvalue weighted by atomic mass is 32.2. The van der Waals surface area contributed by atoms with Gasteiger partial charge in [0.25, 0.3) is 5.91 Å². The molecular formula is C20H18N2O4S. The van der Waals surface area contributed by atoms with E-state index < -0.39 is 5.97 Å². The van der Waals surface area contributed by atoms with E-state index in [9.17, 15) is 14.4 Å². The number of carbonyl (C=O) groups is 3. The summed E-state index contributed by atoms with van der Waals surface area (Å²) in [6.07, 6.45) is 0.790. The number of nitrogens with one attached hydrogen (secondary N) is 1. The zero-order chi connectivity index (χ0) is 19.0. The van der Waals surface area contributed by atoms with Crippen LogP contribution in [0.1, 0.15) is 22.8 Å². The summed E-state index contributed by atoms with van der Waals surface area (Å²) >= 11 is 1.42. The molecule has 0 saturated heterocycles. The molecule has 7 heteroatoms. The number of fused-ring (bicyclic) bond motifs is 2. The molecule has 2 heterocycles. The molecule has 2 aliphatic heterocycles. The number of hydrogen-bond donors (Lipinski definition) is 1. The Balaban J connectivity index is 1.43. The Labute approximate surface area is 160 Å². The van der Waals surface area contributed by atoms with Gasteiger partial charge >= 0.3 is 5.97 Å². The van der Waals surface area contributed by atoms with Crippen LogP contribution in [0.5, 0.6) is 0 Å². The molecule has 0 unspecified atom stereocenters. The Hall–Kier alpha value is -2.80. The number of rotatable bonds is 3. The van der Waals surface area contributed by atoms with Crippen LogP contribution in [0.15, 0.2) is 47.4 Å². The summed E-state index contributed by atoms with van der Waals surface area (Å²) in [5.74, 6) is -0.575. The molecule has 0 fully saturated rings. The van der Waals surface area contributed by atoms with Crippen molar-refractivity contribution >= 4 is 40.9 Å². The normalized spacial score (nSPS) is 17.7. The largest absolute Gasteiger partial charge is 0.452 e. The van der Waals surface area contributed by atoms with Crippen molar-refractivity contribution in [3.8, 4) is 0 Å². The molecule has 2 amide bonds. The first kappa shape index (κ1) is 17.6. The van der Waals surface area contributed by atoms with Crippen LogP contribution in [0.2, 0.25) is 0 Å². The maximum absolute atomic E-state index is 12.6. The van der Waals surface area contributed by atoms with Crippen molar-refractivity contribution in [2.45, 2.75) is 24.3 Å². The van der Waals surface area contributed by atoms with Gasteiger partial charge in [-0.3, -0.25) is 9.59 Å². The van der Waals surface area contributed by atoms with Crippen molar-refractivity contribution in [1.82, 2.24) is 0 Å². The van der Waals surface area contributed by atoms with E-state index in [0.29, 0.717) is 17.0 Å². The molecule has 0 spiro atoms. The van der Waals surface area contributed by atoms with Crippen LogP contribution in [0.3, 0.4) is 0 Å². The van der Waals surface area contributed by atoms with Crippen molar-refractivity contribution in [3.05, 3.63) is 53.6 Å². The molecule has 2 aromatic carbocycles. The summed E-state index contributed by atoms with van der Waals surface area (Å²) in [6.45, 7) is 1.65. The van der Waals surface area contributed by atoms with E-state index in [-0.39, 0.29) is 24.5 Å².